The van der Waals surface area contributed by atoms with E-state index in [4.69, 9.17) is 4.74 Å². The number of aromatic nitrogens is 4. The lowest BCUT2D eigenvalue weighted by atomic mass is 10.0. The van der Waals surface area contributed by atoms with Crippen molar-refractivity contribution in [3.63, 3.8) is 0 Å². The minimum atomic E-state index is -2.62. The van der Waals surface area contributed by atoms with E-state index in [1.807, 2.05) is 23.0 Å². The molecule has 192 valence electrons. The monoisotopic (exact) mass is 499 g/mol. The van der Waals surface area contributed by atoms with Crippen molar-refractivity contribution in [3.05, 3.63) is 53.9 Å². The van der Waals surface area contributed by atoms with Gasteiger partial charge in [0.2, 0.25) is 17.7 Å². The number of hydrogen-bond donors (Lipinski definition) is 0. The van der Waals surface area contributed by atoms with Gasteiger partial charge in [-0.2, -0.15) is 0 Å². The fourth-order valence-corrected chi connectivity index (χ4v) is 6.03. The van der Waals surface area contributed by atoms with Crippen LogP contribution in [0, 0.1) is 0 Å². The third-order valence-corrected chi connectivity index (χ3v) is 8.12. The van der Waals surface area contributed by atoms with Gasteiger partial charge in [-0.3, -0.25) is 4.79 Å². The lowest BCUT2D eigenvalue weighted by Crippen LogP contribution is -2.40. The molecular weight excluding hydrogens is 466 g/mol. The summed E-state index contributed by atoms with van der Waals surface area (Å²) in [4.78, 5) is 18.1. The third-order valence-electron chi connectivity index (χ3n) is 8.12. The molecule has 0 spiro atoms. The Morgan fingerprint density at radius 2 is 2.03 bits per heavy atom. The molecular formula is C26H33F2N6O2+. The summed E-state index contributed by atoms with van der Waals surface area (Å²) >= 11 is 0. The molecule has 0 aliphatic carbocycles. The topological polar surface area (TPSA) is 59.1 Å². The second-order valence-corrected chi connectivity index (χ2v) is 10.6. The van der Waals surface area contributed by atoms with Crippen LogP contribution in [0.3, 0.4) is 0 Å². The Kier molecular flexibility index (Phi) is 6.03. The average molecular weight is 500 g/mol. The first-order chi connectivity index (χ1) is 17.4. The van der Waals surface area contributed by atoms with Crippen LogP contribution in [0.5, 0.6) is 0 Å². The number of piperidine rings is 1. The number of carbonyl (C=O) groups excluding carboxylic acids is 1. The summed E-state index contributed by atoms with van der Waals surface area (Å²) in [6.45, 7) is 7.81. The number of likely N-dealkylation sites (tertiary alicyclic amines) is 1. The second kappa shape index (κ2) is 9.23. The molecule has 2 bridgehead atoms. The average Bonchev–Trinajstić information content (AvgIpc) is 3.66. The normalized spacial score (nSPS) is 23.1. The third kappa shape index (κ3) is 4.20. The van der Waals surface area contributed by atoms with E-state index in [0.29, 0.717) is 23.3 Å². The van der Waals surface area contributed by atoms with E-state index in [1.165, 1.54) is 6.20 Å². The summed E-state index contributed by atoms with van der Waals surface area (Å²) < 4.78 is 38.8. The van der Waals surface area contributed by atoms with Gasteiger partial charge in [-0.15, -0.1) is 4.52 Å². The molecule has 0 N–H and O–H groups in total. The maximum Gasteiger partial charge on any atom is 0.265 e. The van der Waals surface area contributed by atoms with E-state index >= 15 is 0 Å². The summed E-state index contributed by atoms with van der Waals surface area (Å²) in [5.74, 6) is -0.229. The van der Waals surface area contributed by atoms with Crippen molar-refractivity contribution in [1.82, 2.24) is 19.2 Å². The maximum absolute atomic E-state index is 14.0. The molecule has 3 aliphatic rings. The van der Waals surface area contributed by atoms with Crippen molar-refractivity contribution in [3.8, 4) is 0 Å². The molecule has 0 aromatic carbocycles. The highest BCUT2D eigenvalue weighted by molar-refractivity contribution is 5.94. The molecule has 0 amide bonds. The standard InChI is InChI=1S/C26H33F2N6O2/c1-17(2)30-6-3-19(4-7-30)31-12-18(23(15-31)26(27)28)9-25(35)24-11-29-34-8-5-20(13-33(24)34)32-14-22-10-21(32)16-36-22/h5,8,11-13,15,17,19,21-22,26H,3-4,6-7,9-10,14,16H2,1-2H3/q+1/t21-,22-/m0/s1. The van der Waals surface area contributed by atoms with Crippen LogP contribution < -0.4 is 9.42 Å². The summed E-state index contributed by atoms with van der Waals surface area (Å²) in [6.07, 6.45) is 8.96. The first-order valence-electron chi connectivity index (χ1n) is 12.9. The number of ether oxygens (including phenoxy) is 1. The number of fused-ring (bicyclic) bond motifs is 3. The SMILES string of the molecule is CC(C)N1CCC(n2cc(CC(=O)c3cnn4ccc(N5C[C@@H]6C[C@H]5CO6)c[n+]34)c(C(F)F)c2)CC1. The fraction of sp³-hybridized carbons (Fsp3) is 0.577. The Bertz CT molecular complexity index is 1260. The highest BCUT2D eigenvalue weighted by Crippen LogP contribution is 2.32. The van der Waals surface area contributed by atoms with E-state index in [9.17, 15) is 13.6 Å². The smallest absolute Gasteiger partial charge is 0.265 e. The molecule has 3 aliphatic heterocycles. The maximum atomic E-state index is 14.0. The fourth-order valence-electron chi connectivity index (χ4n) is 6.03. The van der Waals surface area contributed by atoms with Crippen molar-refractivity contribution >= 4 is 11.5 Å². The van der Waals surface area contributed by atoms with Gasteiger partial charge in [0.25, 0.3) is 6.43 Å². The molecule has 6 heterocycles. The van der Waals surface area contributed by atoms with E-state index in [1.54, 1.807) is 21.5 Å². The zero-order valence-electron chi connectivity index (χ0n) is 20.8. The molecule has 0 radical (unpaired) electrons. The van der Waals surface area contributed by atoms with Crippen molar-refractivity contribution in [2.45, 2.75) is 70.2 Å². The number of alkyl halides is 2. The number of Topliss-reactive ketones (excluding diaryl/α,β-unsaturated/α-hetero) is 1. The number of nitrogens with zero attached hydrogens (tertiary/aromatic N) is 6. The predicted octanol–water partition coefficient (Wildman–Crippen LogP) is 3.11. The number of morpholine rings is 1. The van der Waals surface area contributed by atoms with Gasteiger partial charge in [0.05, 0.1) is 30.6 Å². The predicted molar refractivity (Wildman–Crippen MR) is 129 cm³/mol. The molecule has 6 rings (SSSR count). The van der Waals surface area contributed by atoms with Gasteiger partial charge in [0.15, 0.2) is 0 Å². The molecule has 2 atom stereocenters. The Morgan fingerprint density at radius 1 is 1.22 bits per heavy atom. The molecule has 8 nitrogen and oxygen atoms in total. The van der Waals surface area contributed by atoms with Crippen LogP contribution in [-0.4, -0.2) is 69.4 Å². The number of ketones is 1. The summed E-state index contributed by atoms with van der Waals surface area (Å²) in [6, 6.07) is 3.00. The zero-order valence-corrected chi connectivity index (χ0v) is 20.8. The largest absolute Gasteiger partial charge is 0.374 e. The number of hydrogen-bond acceptors (Lipinski definition) is 5. The second-order valence-electron chi connectivity index (χ2n) is 10.6. The van der Waals surface area contributed by atoms with E-state index < -0.39 is 6.43 Å². The van der Waals surface area contributed by atoms with Gasteiger partial charge in [-0.05, 0) is 49.4 Å². The summed E-state index contributed by atoms with van der Waals surface area (Å²) in [5.41, 5.74) is 1.73. The number of rotatable bonds is 7. The van der Waals surface area contributed by atoms with Crippen LogP contribution in [0.2, 0.25) is 0 Å². The van der Waals surface area contributed by atoms with Gasteiger partial charge in [-0.25, -0.2) is 8.78 Å². The first kappa shape index (κ1) is 23.5. The van der Waals surface area contributed by atoms with Crippen molar-refractivity contribution in [1.29, 1.82) is 0 Å². The zero-order chi connectivity index (χ0) is 25.0. The Labute approximate surface area is 209 Å². The molecule has 3 aromatic rings. The van der Waals surface area contributed by atoms with Crippen LogP contribution in [0.15, 0.2) is 37.1 Å². The van der Waals surface area contributed by atoms with Gasteiger partial charge in [-0.1, -0.05) is 0 Å². The summed E-state index contributed by atoms with van der Waals surface area (Å²) in [7, 11) is 0. The van der Waals surface area contributed by atoms with E-state index in [0.717, 1.165) is 51.2 Å². The van der Waals surface area contributed by atoms with Crippen LogP contribution >= 0.6 is 0 Å². The van der Waals surface area contributed by atoms with Crippen LogP contribution in [-0.2, 0) is 11.2 Å². The van der Waals surface area contributed by atoms with Gasteiger partial charge >= 0.3 is 0 Å². The Hall–Kier alpha value is -2.85. The highest BCUT2D eigenvalue weighted by Gasteiger charge is 2.39. The highest BCUT2D eigenvalue weighted by atomic mass is 19.3. The minimum Gasteiger partial charge on any atom is -0.374 e. The molecule has 3 saturated heterocycles. The van der Waals surface area contributed by atoms with Gasteiger partial charge < -0.3 is 19.1 Å². The van der Waals surface area contributed by atoms with Crippen LogP contribution in [0.25, 0.3) is 0 Å². The van der Waals surface area contributed by atoms with Crippen LogP contribution in [0.1, 0.15) is 67.2 Å². The van der Waals surface area contributed by atoms with Crippen molar-refractivity contribution in [2.75, 3.05) is 31.1 Å². The molecule has 0 saturated carbocycles. The molecule has 3 fully saturated rings. The van der Waals surface area contributed by atoms with E-state index in [2.05, 4.69) is 28.7 Å². The quantitative estimate of drug-likeness (QED) is 0.369. The summed E-state index contributed by atoms with van der Waals surface area (Å²) in [5, 5.41) is 4.31. The van der Waals surface area contributed by atoms with Gasteiger partial charge in [0.1, 0.15) is 6.20 Å². The van der Waals surface area contributed by atoms with Crippen molar-refractivity contribution < 1.29 is 22.8 Å². The Morgan fingerprint density at radius 3 is 2.69 bits per heavy atom. The number of carbonyl (C=O) groups is 1. The van der Waals surface area contributed by atoms with E-state index in [-0.39, 0.29) is 29.9 Å². The molecule has 0 unspecified atom stereocenters. The molecule has 10 heteroatoms. The number of anilines is 1. The molecule has 36 heavy (non-hydrogen) atoms. The molecule has 3 aromatic heterocycles. The van der Waals surface area contributed by atoms with Gasteiger partial charge in [0, 0.05) is 61.2 Å². The first-order valence-corrected chi connectivity index (χ1v) is 12.9. The van der Waals surface area contributed by atoms with Crippen molar-refractivity contribution in [2.24, 2.45) is 0 Å². The Balaban J connectivity index is 1.23. The minimum absolute atomic E-state index is 0.0510. The lowest BCUT2D eigenvalue weighted by Gasteiger charge is -2.35. The van der Waals surface area contributed by atoms with Crippen LogP contribution in [0.4, 0.5) is 14.5 Å². The number of halogens is 2. The lowest BCUT2D eigenvalue weighted by molar-refractivity contribution is -0.624.